The number of anilines is 1. The number of pyridine rings is 1. The Bertz CT molecular complexity index is 2490. The Kier molecular flexibility index (Phi) is 9.22. The Morgan fingerprint density at radius 3 is 2.06 bits per heavy atom. The molecule has 0 N–H and O–H groups in total. The van der Waals surface area contributed by atoms with Crippen LogP contribution in [-0.2, 0) is 20.1 Å². The molecule has 0 unspecified atom stereocenters. The van der Waals surface area contributed by atoms with E-state index in [4.69, 9.17) is 4.98 Å². The molecule has 0 aliphatic carbocycles. The van der Waals surface area contributed by atoms with Gasteiger partial charge in [0.2, 0.25) is 0 Å². The number of fused-ring (bicyclic) bond motifs is 9. The summed E-state index contributed by atoms with van der Waals surface area (Å²) in [7, 11) is 2.00. The van der Waals surface area contributed by atoms with Gasteiger partial charge in [0.05, 0.1) is 11.3 Å². The van der Waals surface area contributed by atoms with Crippen molar-refractivity contribution < 1.29 is 20.1 Å². The first kappa shape index (κ1) is 33.5. The van der Waals surface area contributed by atoms with Crippen molar-refractivity contribution in [3.63, 3.8) is 0 Å². The molecule has 0 saturated carbocycles. The largest absolute Gasteiger partial charge is 3.00 e. The topological polar surface area (TPSA) is 23.8 Å². The minimum atomic E-state index is 0. The molecule has 0 bridgehead atoms. The average Bonchev–Trinajstić information content (AvgIpc) is 3.78. The van der Waals surface area contributed by atoms with Gasteiger partial charge < -0.3 is 14.2 Å². The number of para-hydroxylation sites is 1. The van der Waals surface area contributed by atoms with Crippen molar-refractivity contribution in [1.82, 2.24) is 14.3 Å². The number of hydrogen-bond donors (Lipinski definition) is 0. The summed E-state index contributed by atoms with van der Waals surface area (Å²) in [6, 6.07) is 45.4. The molecule has 0 spiro atoms. The van der Waals surface area contributed by atoms with Crippen LogP contribution in [0.5, 0.6) is 0 Å². The summed E-state index contributed by atoms with van der Waals surface area (Å²) in [4.78, 5) is 9.38. The van der Waals surface area contributed by atoms with Gasteiger partial charge in [-0.1, -0.05) is 87.7 Å². The predicted molar refractivity (Wildman–Crippen MR) is 207 cm³/mol. The fourth-order valence-corrected chi connectivity index (χ4v) is 7.15. The molecule has 2 aromatic heterocycles. The molecule has 6 aromatic carbocycles. The Labute approximate surface area is 308 Å². The number of imidazole rings is 1. The van der Waals surface area contributed by atoms with E-state index >= 15 is 0 Å². The quantitative estimate of drug-likeness (QED) is 0.100. The Balaban J connectivity index is 0.000000255. The third kappa shape index (κ3) is 5.95. The molecule has 0 saturated heterocycles. The van der Waals surface area contributed by atoms with Gasteiger partial charge in [-0.3, -0.25) is 4.98 Å². The molecule has 5 heteroatoms. The molecule has 248 valence electrons. The fourth-order valence-electron chi connectivity index (χ4n) is 7.15. The molecule has 4 nitrogen and oxygen atoms in total. The first-order valence-corrected chi connectivity index (χ1v) is 17.1. The van der Waals surface area contributed by atoms with Crippen LogP contribution in [0.25, 0.3) is 60.1 Å². The minimum absolute atomic E-state index is 0. The maximum absolute atomic E-state index is 5.35. The maximum Gasteiger partial charge on any atom is 3.00 e. The minimum Gasteiger partial charge on any atom is -0.510 e. The zero-order chi connectivity index (χ0) is 33.6. The molecule has 0 amide bonds. The van der Waals surface area contributed by atoms with E-state index in [1.165, 1.54) is 54.5 Å². The van der Waals surface area contributed by atoms with E-state index in [-0.39, 0.29) is 20.1 Å². The van der Waals surface area contributed by atoms with Crippen molar-refractivity contribution in [1.29, 1.82) is 0 Å². The van der Waals surface area contributed by atoms with Crippen molar-refractivity contribution >= 4 is 54.6 Å². The Morgan fingerprint density at radius 1 is 0.660 bits per heavy atom. The van der Waals surface area contributed by atoms with Gasteiger partial charge in [0.25, 0.3) is 0 Å². The number of benzene rings is 6. The van der Waals surface area contributed by atoms with Crippen LogP contribution in [0.3, 0.4) is 0 Å². The average molecular weight is 828 g/mol. The normalized spacial score (nSPS) is 12.9. The number of hydrogen-bond acceptors (Lipinski definition) is 3. The molecule has 1 aliphatic heterocycles. The summed E-state index contributed by atoms with van der Waals surface area (Å²) in [5.74, 6) is 0.816. The van der Waals surface area contributed by atoms with Crippen molar-refractivity contribution in [2.24, 2.45) is 0 Å². The van der Waals surface area contributed by atoms with Gasteiger partial charge in [-0.15, -0.1) is 35.3 Å². The fraction of sp³-hybridized carbons (Fsp3) is 0.156. The van der Waals surface area contributed by atoms with Crippen LogP contribution >= 0.6 is 0 Å². The third-order valence-corrected chi connectivity index (χ3v) is 9.54. The number of rotatable bonds is 4. The van der Waals surface area contributed by atoms with Crippen LogP contribution in [0.15, 0.2) is 128 Å². The smallest absolute Gasteiger partial charge is 0.510 e. The summed E-state index contributed by atoms with van der Waals surface area (Å²) in [5, 5.41) is 8.49. The number of nitrogens with zero attached hydrogens (tertiary/aromatic N) is 4. The van der Waals surface area contributed by atoms with Crippen LogP contribution in [0.1, 0.15) is 50.7 Å². The molecule has 0 radical (unpaired) electrons. The standard InChI is InChI=1S/C35H29N2.C10H10N2.Ir/c1-21(2)26-14-9-15-27(22(3)4)33(26)32-20-37-34-29(28-12-7-8-13-30(28)35(37)36-32)17-16-25-18-23-10-5-6-11-24(23)19-31(25)34;1-11-7-8-12(9-11)10-5-3-2-4-6-10;/h5-12,14-22H,1-4H3;2-5,7-9H,1H3;/q-1;-2;+3. The van der Waals surface area contributed by atoms with E-state index in [0.29, 0.717) is 11.8 Å². The predicted octanol–water partition coefficient (Wildman–Crippen LogP) is 11.5. The van der Waals surface area contributed by atoms with Gasteiger partial charge in [-0.25, -0.2) is 0 Å². The van der Waals surface area contributed by atoms with E-state index < -0.39 is 0 Å². The van der Waals surface area contributed by atoms with E-state index in [2.05, 4.69) is 129 Å². The molecule has 50 heavy (non-hydrogen) atoms. The van der Waals surface area contributed by atoms with Crippen molar-refractivity contribution in [3.8, 4) is 11.3 Å². The van der Waals surface area contributed by atoms with Crippen molar-refractivity contribution in [2.75, 3.05) is 11.9 Å². The van der Waals surface area contributed by atoms with Gasteiger partial charge in [0, 0.05) is 22.7 Å². The van der Waals surface area contributed by atoms with Gasteiger partial charge in [-0.2, -0.15) is 37.0 Å². The summed E-state index contributed by atoms with van der Waals surface area (Å²) < 4.78 is 2.32. The van der Waals surface area contributed by atoms with Crippen LogP contribution in [0.4, 0.5) is 5.69 Å². The summed E-state index contributed by atoms with van der Waals surface area (Å²) in [5.41, 5.74) is 8.25. The third-order valence-electron chi connectivity index (χ3n) is 9.54. The van der Waals surface area contributed by atoms with E-state index in [9.17, 15) is 0 Å². The van der Waals surface area contributed by atoms with Gasteiger partial charge in [0.1, 0.15) is 0 Å². The number of aromatic nitrogens is 2. The van der Waals surface area contributed by atoms with Gasteiger partial charge in [-0.05, 0) is 76.1 Å². The molecule has 1 aliphatic rings. The van der Waals surface area contributed by atoms with Crippen LogP contribution in [-0.4, -0.2) is 21.3 Å². The zero-order valence-corrected chi connectivity index (χ0v) is 31.4. The Morgan fingerprint density at radius 2 is 1.38 bits per heavy atom. The van der Waals surface area contributed by atoms with Gasteiger partial charge in [0.15, 0.2) is 0 Å². The second-order valence-electron chi connectivity index (χ2n) is 13.5. The van der Waals surface area contributed by atoms with Gasteiger partial charge >= 0.3 is 20.1 Å². The Hall–Kier alpha value is -4.96. The van der Waals surface area contributed by atoms with Crippen LogP contribution in [0, 0.1) is 18.8 Å². The summed E-state index contributed by atoms with van der Waals surface area (Å²) in [6.45, 7) is 11.1. The molecule has 0 fully saturated rings. The SMILES string of the molecule is CC(C)c1cccc(C(C)C)c1-c1cn2c(n1)c1[c-]cccc1c1ccc3cc4ccccc4cc3c12.CN1C=CN(c2[c-]cccc2)[CH-]1.[Ir+3]. The molecule has 3 heterocycles. The van der Waals surface area contributed by atoms with Crippen molar-refractivity contribution in [3.05, 3.63) is 158 Å². The second kappa shape index (κ2) is 13.7. The molecule has 8 aromatic rings. The monoisotopic (exact) mass is 828 g/mol. The first-order valence-electron chi connectivity index (χ1n) is 17.1. The first-order chi connectivity index (χ1) is 23.9. The van der Waals surface area contributed by atoms with Crippen molar-refractivity contribution in [2.45, 2.75) is 39.5 Å². The molecular formula is C45H39IrN4. The van der Waals surface area contributed by atoms with E-state index in [1.54, 1.807) is 0 Å². The van der Waals surface area contributed by atoms with E-state index in [1.807, 2.05) is 66.2 Å². The summed E-state index contributed by atoms with van der Waals surface area (Å²) >= 11 is 0. The maximum atomic E-state index is 5.35. The second-order valence-corrected chi connectivity index (χ2v) is 13.5. The van der Waals surface area contributed by atoms with Crippen LogP contribution < -0.4 is 4.90 Å². The molecule has 0 atom stereocenters. The van der Waals surface area contributed by atoms with E-state index in [0.717, 1.165) is 22.4 Å². The molecular weight excluding hydrogens is 789 g/mol. The summed E-state index contributed by atoms with van der Waals surface area (Å²) in [6.07, 6.45) is 6.27. The zero-order valence-electron chi connectivity index (χ0n) is 29.0. The van der Waals surface area contributed by atoms with Crippen LogP contribution in [0.2, 0.25) is 0 Å². The molecule has 9 rings (SSSR count).